The molecule has 0 spiro atoms. The molecule has 3 rings (SSSR count). The van der Waals surface area contributed by atoms with E-state index in [4.69, 9.17) is 11.6 Å². The molecule has 3 aromatic rings. The Kier molecular flexibility index (Phi) is 2.83. The van der Waals surface area contributed by atoms with E-state index in [2.05, 4.69) is 15.1 Å². The van der Waals surface area contributed by atoms with E-state index < -0.39 is 0 Å². The quantitative estimate of drug-likeness (QED) is 0.781. The average molecular weight is 277 g/mol. The number of hydrogen-bond acceptors (Lipinski definition) is 2. The highest BCUT2D eigenvalue weighted by Crippen LogP contribution is 2.34. The summed E-state index contributed by atoms with van der Waals surface area (Å²) in [6.07, 6.45) is 6.53. The van der Waals surface area contributed by atoms with E-state index in [-0.39, 0.29) is 5.82 Å². The lowest BCUT2D eigenvalue weighted by Crippen LogP contribution is -1.90. The van der Waals surface area contributed by atoms with Crippen molar-refractivity contribution in [2.24, 2.45) is 7.05 Å². The Morgan fingerprint density at radius 2 is 2.11 bits per heavy atom. The van der Waals surface area contributed by atoms with Crippen molar-refractivity contribution >= 4 is 11.6 Å². The van der Waals surface area contributed by atoms with Crippen molar-refractivity contribution in [3.63, 3.8) is 0 Å². The number of aromatic amines is 1. The Balaban J connectivity index is 2.17. The first-order chi connectivity index (χ1) is 9.15. The number of pyridine rings is 1. The molecule has 0 bridgehead atoms. The lowest BCUT2D eigenvalue weighted by atomic mass is 10.1. The van der Waals surface area contributed by atoms with Crippen LogP contribution in [0.2, 0.25) is 5.02 Å². The van der Waals surface area contributed by atoms with Gasteiger partial charge in [0.05, 0.1) is 16.9 Å². The van der Waals surface area contributed by atoms with Gasteiger partial charge in [0, 0.05) is 36.8 Å². The van der Waals surface area contributed by atoms with Crippen molar-refractivity contribution < 1.29 is 4.39 Å². The summed E-state index contributed by atoms with van der Waals surface area (Å²) in [6.45, 7) is 0. The van der Waals surface area contributed by atoms with E-state index in [1.807, 2.05) is 13.2 Å². The standard InChI is InChI=1S/C13H10ClFN4/c1-19-7-10(9-5-16-6-11(9)14)13(18-19)12-3-2-8(15)4-17-12/h2-7,16H,1H3. The van der Waals surface area contributed by atoms with Crippen molar-refractivity contribution in [2.75, 3.05) is 0 Å². The van der Waals surface area contributed by atoms with Crippen LogP contribution in [0.1, 0.15) is 0 Å². The van der Waals surface area contributed by atoms with Gasteiger partial charge in [0.2, 0.25) is 0 Å². The molecule has 4 nitrogen and oxygen atoms in total. The molecular formula is C13H10ClFN4. The summed E-state index contributed by atoms with van der Waals surface area (Å²) >= 11 is 6.12. The second-order valence-corrected chi connectivity index (χ2v) is 4.55. The number of rotatable bonds is 2. The molecule has 0 radical (unpaired) electrons. The Bertz CT molecular complexity index is 715. The predicted molar refractivity (Wildman–Crippen MR) is 71.2 cm³/mol. The second kappa shape index (κ2) is 4.51. The zero-order chi connectivity index (χ0) is 13.4. The molecule has 96 valence electrons. The second-order valence-electron chi connectivity index (χ2n) is 4.14. The highest BCUT2D eigenvalue weighted by atomic mass is 35.5. The summed E-state index contributed by atoms with van der Waals surface area (Å²) in [4.78, 5) is 7.00. The highest BCUT2D eigenvalue weighted by molar-refractivity contribution is 6.33. The lowest BCUT2D eigenvalue weighted by molar-refractivity contribution is 0.621. The molecule has 0 aliphatic carbocycles. The maximum atomic E-state index is 12.9. The molecule has 19 heavy (non-hydrogen) atoms. The molecular weight excluding hydrogens is 267 g/mol. The van der Waals surface area contributed by atoms with Gasteiger partial charge in [-0.2, -0.15) is 5.10 Å². The smallest absolute Gasteiger partial charge is 0.141 e. The zero-order valence-corrected chi connectivity index (χ0v) is 10.8. The minimum absolute atomic E-state index is 0.374. The molecule has 1 N–H and O–H groups in total. The largest absolute Gasteiger partial charge is 0.366 e. The first-order valence-corrected chi connectivity index (χ1v) is 6.01. The van der Waals surface area contributed by atoms with Crippen molar-refractivity contribution in [3.8, 4) is 22.5 Å². The Labute approximate surface area is 113 Å². The molecule has 3 heterocycles. The van der Waals surface area contributed by atoms with Gasteiger partial charge in [-0.3, -0.25) is 9.67 Å². The molecule has 6 heteroatoms. The molecule has 0 aliphatic heterocycles. The van der Waals surface area contributed by atoms with Crippen LogP contribution in [0.15, 0.2) is 36.9 Å². The van der Waals surface area contributed by atoms with Gasteiger partial charge in [0.1, 0.15) is 11.5 Å². The van der Waals surface area contributed by atoms with Gasteiger partial charge < -0.3 is 4.98 Å². The first kappa shape index (κ1) is 11.9. The van der Waals surface area contributed by atoms with Gasteiger partial charge >= 0.3 is 0 Å². The number of aromatic nitrogens is 4. The number of aryl methyl sites for hydroxylation is 1. The fourth-order valence-corrected chi connectivity index (χ4v) is 2.16. The van der Waals surface area contributed by atoms with Gasteiger partial charge in [-0.05, 0) is 12.1 Å². The summed E-state index contributed by atoms with van der Waals surface area (Å²) < 4.78 is 14.6. The monoisotopic (exact) mass is 276 g/mol. The third kappa shape index (κ3) is 2.13. The van der Waals surface area contributed by atoms with Crippen molar-refractivity contribution in [3.05, 3.63) is 47.8 Å². The fraction of sp³-hybridized carbons (Fsp3) is 0.0769. The van der Waals surface area contributed by atoms with Gasteiger partial charge in [-0.25, -0.2) is 4.39 Å². The predicted octanol–water partition coefficient (Wildman–Crippen LogP) is 3.27. The van der Waals surface area contributed by atoms with Crippen LogP contribution < -0.4 is 0 Å². The van der Waals surface area contributed by atoms with Crippen LogP contribution in [0.25, 0.3) is 22.5 Å². The number of halogens is 2. The number of nitrogens with one attached hydrogen (secondary N) is 1. The lowest BCUT2D eigenvalue weighted by Gasteiger charge is -2.00. The molecule has 0 saturated heterocycles. The summed E-state index contributed by atoms with van der Waals surface area (Å²) in [5.41, 5.74) is 2.97. The summed E-state index contributed by atoms with van der Waals surface area (Å²) in [7, 11) is 1.82. The van der Waals surface area contributed by atoms with Crippen LogP contribution in [0.5, 0.6) is 0 Å². The molecule has 0 aliphatic rings. The van der Waals surface area contributed by atoms with Crippen LogP contribution >= 0.6 is 11.6 Å². The average Bonchev–Trinajstić information content (AvgIpc) is 2.96. The molecule has 3 aromatic heterocycles. The Morgan fingerprint density at radius 3 is 2.74 bits per heavy atom. The van der Waals surface area contributed by atoms with Crippen LogP contribution in [0.3, 0.4) is 0 Å². The van der Waals surface area contributed by atoms with Crippen molar-refractivity contribution in [1.82, 2.24) is 19.7 Å². The van der Waals surface area contributed by atoms with Crippen LogP contribution in [-0.2, 0) is 7.05 Å². The van der Waals surface area contributed by atoms with Crippen molar-refractivity contribution in [1.29, 1.82) is 0 Å². The fourth-order valence-electron chi connectivity index (χ4n) is 1.94. The Hall–Kier alpha value is -2.14. The third-order valence-corrected chi connectivity index (χ3v) is 3.10. The maximum Gasteiger partial charge on any atom is 0.141 e. The van der Waals surface area contributed by atoms with E-state index in [0.717, 1.165) is 11.1 Å². The summed E-state index contributed by atoms with van der Waals surface area (Å²) in [5.74, 6) is -0.374. The van der Waals surface area contributed by atoms with Gasteiger partial charge in [-0.15, -0.1) is 0 Å². The minimum Gasteiger partial charge on any atom is -0.366 e. The van der Waals surface area contributed by atoms with Crippen LogP contribution in [-0.4, -0.2) is 19.7 Å². The summed E-state index contributed by atoms with van der Waals surface area (Å²) in [6, 6.07) is 2.96. The van der Waals surface area contributed by atoms with Gasteiger partial charge in [0.15, 0.2) is 0 Å². The third-order valence-electron chi connectivity index (χ3n) is 2.78. The number of nitrogens with zero attached hydrogens (tertiary/aromatic N) is 3. The van der Waals surface area contributed by atoms with Crippen molar-refractivity contribution in [2.45, 2.75) is 0 Å². The number of H-pyrrole nitrogens is 1. The number of hydrogen-bond donors (Lipinski definition) is 1. The van der Waals surface area contributed by atoms with E-state index in [1.54, 1.807) is 23.1 Å². The molecule has 0 atom stereocenters. The normalized spacial score (nSPS) is 10.9. The Morgan fingerprint density at radius 1 is 1.26 bits per heavy atom. The van der Waals surface area contributed by atoms with E-state index in [0.29, 0.717) is 16.4 Å². The summed E-state index contributed by atoms with van der Waals surface area (Å²) in [5, 5.41) is 4.97. The van der Waals surface area contributed by atoms with Crippen LogP contribution in [0.4, 0.5) is 4.39 Å². The first-order valence-electron chi connectivity index (χ1n) is 5.63. The van der Waals surface area contributed by atoms with Gasteiger partial charge in [0.25, 0.3) is 0 Å². The minimum atomic E-state index is -0.374. The van der Waals surface area contributed by atoms with E-state index in [1.165, 1.54) is 12.3 Å². The zero-order valence-electron chi connectivity index (χ0n) is 10.1. The van der Waals surface area contributed by atoms with Crippen LogP contribution in [0, 0.1) is 5.82 Å². The van der Waals surface area contributed by atoms with E-state index in [9.17, 15) is 4.39 Å². The van der Waals surface area contributed by atoms with E-state index >= 15 is 0 Å². The molecule has 0 amide bonds. The topological polar surface area (TPSA) is 46.5 Å². The molecule has 0 aromatic carbocycles. The molecule has 0 saturated carbocycles. The SMILES string of the molecule is Cn1cc(-c2c[nH]cc2Cl)c(-c2ccc(F)cn2)n1. The highest BCUT2D eigenvalue weighted by Gasteiger charge is 2.16. The van der Waals surface area contributed by atoms with Gasteiger partial charge in [-0.1, -0.05) is 11.6 Å². The molecule has 0 unspecified atom stereocenters. The molecule has 0 fully saturated rings. The maximum absolute atomic E-state index is 12.9.